The fraction of sp³-hybridized carbons (Fsp3) is 0.300. The molecule has 0 unspecified atom stereocenters. The molecule has 1 aliphatic rings. The average Bonchev–Trinajstić information content (AvgIpc) is 3.13. The maximum Gasteiger partial charge on any atom is 0.322 e. The van der Waals surface area contributed by atoms with E-state index in [9.17, 15) is 9.59 Å². The highest BCUT2D eigenvalue weighted by Gasteiger charge is 2.34. The summed E-state index contributed by atoms with van der Waals surface area (Å²) in [6, 6.07) is 14.3. The molecule has 0 saturated carbocycles. The summed E-state index contributed by atoms with van der Waals surface area (Å²) in [5, 5.41) is 6.44. The van der Waals surface area contributed by atoms with E-state index >= 15 is 0 Å². The van der Waals surface area contributed by atoms with Crippen LogP contribution < -0.4 is 10.6 Å². The van der Waals surface area contributed by atoms with E-state index in [-0.39, 0.29) is 11.9 Å². The van der Waals surface area contributed by atoms with Gasteiger partial charge in [-0.1, -0.05) is 41.4 Å². The van der Waals surface area contributed by atoms with E-state index in [0.29, 0.717) is 24.5 Å². The third-order valence-electron chi connectivity index (χ3n) is 4.50. The molecule has 0 aliphatic carbocycles. The van der Waals surface area contributed by atoms with Gasteiger partial charge in [0.2, 0.25) is 5.91 Å². The van der Waals surface area contributed by atoms with Crippen molar-refractivity contribution in [1.82, 2.24) is 10.2 Å². The van der Waals surface area contributed by atoms with Crippen LogP contribution in [0.4, 0.5) is 10.5 Å². The molecule has 26 heavy (non-hydrogen) atoms. The van der Waals surface area contributed by atoms with Gasteiger partial charge in [0.15, 0.2) is 0 Å². The van der Waals surface area contributed by atoms with Gasteiger partial charge in [-0.3, -0.25) is 4.79 Å². The molecule has 2 aromatic carbocycles. The van der Waals surface area contributed by atoms with Gasteiger partial charge in [0.05, 0.1) is 0 Å². The zero-order valence-electron chi connectivity index (χ0n) is 14.7. The van der Waals surface area contributed by atoms with Crippen molar-refractivity contribution < 1.29 is 9.59 Å². The van der Waals surface area contributed by atoms with Gasteiger partial charge in [-0.2, -0.15) is 0 Å². The number of likely N-dealkylation sites (tertiary alicyclic amines) is 1. The molecular weight excluding hydrogens is 350 g/mol. The topological polar surface area (TPSA) is 61.4 Å². The molecule has 0 spiro atoms. The number of amides is 3. The van der Waals surface area contributed by atoms with Crippen molar-refractivity contribution in [1.29, 1.82) is 0 Å². The molecular formula is C20H22ClN3O2. The molecule has 1 saturated heterocycles. The Morgan fingerprint density at radius 3 is 2.50 bits per heavy atom. The number of halogens is 1. The number of nitrogens with zero attached hydrogens (tertiary/aromatic N) is 1. The number of anilines is 1. The van der Waals surface area contributed by atoms with Crippen molar-refractivity contribution in [3.63, 3.8) is 0 Å². The molecule has 3 amide bonds. The number of benzene rings is 2. The van der Waals surface area contributed by atoms with Gasteiger partial charge >= 0.3 is 6.03 Å². The molecule has 0 bridgehead atoms. The fourth-order valence-corrected chi connectivity index (χ4v) is 3.15. The minimum atomic E-state index is -0.437. The van der Waals surface area contributed by atoms with Gasteiger partial charge < -0.3 is 15.5 Å². The highest BCUT2D eigenvalue weighted by molar-refractivity contribution is 6.30. The summed E-state index contributed by atoms with van der Waals surface area (Å²) in [4.78, 5) is 26.7. The maximum absolute atomic E-state index is 12.5. The zero-order valence-corrected chi connectivity index (χ0v) is 15.4. The van der Waals surface area contributed by atoms with Crippen molar-refractivity contribution >= 4 is 29.2 Å². The summed E-state index contributed by atoms with van der Waals surface area (Å²) < 4.78 is 0. The first-order valence-corrected chi connectivity index (χ1v) is 9.07. The number of hydrogen-bond donors (Lipinski definition) is 2. The Labute approximate surface area is 158 Å². The zero-order chi connectivity index (χ0) is 18.5. The molecule has 5 nitrogen and oxygen atoms in total. The largest absolute Gasteiger partial charge is 0.350 e. The predicted molar refractivity (Wildman–Crippen MR) is 103 cm³/mol. The lowest BCUT2D eigenvalue weighted by Crippen LogP contribution is -2.47. The first-order chi connectivity index (χ1) is 12.5. The number of nitrogens with one attached hydrogen (secondary N) is 2. The van der Waals surface area contributed by atoms with Crippen LogP contribution >= 0.6 is 11.6 Å². The van der Waals surface area contributed by atoms with Crippen LogP contribution in [0.15, 0.2) is 48.5 Å². The molecule has 1 heterocycles. The Kier molecular flexibility index (Phi) is 5.78. The van der Waals surface area contributed by atoms with Crippen LogP contribution in [0.3, 0.4) is 0 Å². The minimum Gasteiger partial charge on any atom is -0.350 e. The first kappa shape index (κ1) is 18.3. The van der Waals surface area contributed by atoms with Crippen LogP contribution in [0.25, 0.3) is 0 Å². The third-order valence-corrected chi connectivity index (χ3v) is 4.75. The monoisotopic (exact) mass is 371 g/mol. The van der Waals surface area contributed by atoms with Gasteiger partial charge in [-0.25, -0.2) is 4.79 Å². The minimum absolute atomic E-state index is 0.128. The number of rotatable bonds is 4. The van der Waals surface area contributed by atoms with Gasteiger partial charge in [0, 0.05) is 23.8 Å². The van der Waals surface area contributed by atoms with Crippen LogP contribution in [0.2, 0.25) is 5.02 Å². The quantitative estimate of drug-likeness (QED) is 0.854. The summed E-state index contributed by atoms with van der Waals surface area (Å²) in [5.41, 5.74) is 2.83. The Hall–Kier alpha value is -2.53. The van der Waals surface area contributed by atoms with E-state index in [4.69, 9.17) is 11.6 Å². The predicted octanol–water partition coefficient (Wildman–Crippen LogP) is 3.96. The SMILES string of the molecule is Cc1ccc(NC(=O)N2CCC[C@@H]2C(=O)NCc2ccc(Cl)cc2)cc1. The normalized spacial score (nSPS) is 16.4. The van der Waals surface area contributed by atoms with Gasteiger partial charge in [0.25, 0.3) is 0 Å². The summed E-state index contributed by atoms with van der Waals surface area (Å²) >= 11 is 5.87. The van der Waals surface area contributed by atoms with Crippen LogP contribution in [-0.2, 0) is 11.3 Å². The lowest BCUT2D eigenvalue weighted by Gasteiger charge is -2.24. The molecule has 1 aliphatic heterocycles. The lowest BCUT2D eigenvalue weighted by atomic mass is 10.2. The van der Waals surface area contributed by atoms with E-state index in [1.165, 1.54) is 0 Å². The Morgan fingerprint density at radius 1 is 1.12 bits per heavy atom. The molecule has 136 valence electrons. The number of urea groups is 1. The number of carbonyl (C=O) groups excluding carboxylic acids is 2. The van der Waals surface area contributed by atoms with E-state index in [1.807, 2.05) is 43.3 Å². The number of aryl methyl sites for hydroxylation is 1. The van der Waals surface area contributed by atoms with E-state index < -0.39 is 6.04 Å². The smallest absolute Gasteiger partial charge is 0.322 e. The van der Waals surface area contributed by atoms with E-state index in [1.54, 1.807) is 17.0 Å². The van der Waals surface area contributed by atoms with Crippen LogP contribution in [-0.4, -0.2) is 29.4 Å². The first-order valence-electron chi connectivity index (χ1n) is 8.69. The third kappa shape index (κ3) is 4.55. The van der Waals surface area contributed by atoms with Crippen molar-refractivity contribution in [2.45, 2.75) is 32.4 Å². The van der Waals surface area contributed by atoms with Gasteiger partial charge in [-0.05, 0) is 49.6 Å². The van der Waals surface area contributed by atoms with Crippen molar-refractivity contribution in [2.24, 2.45) is 0 Å². The fourth-order valence-electron chi connectivity index (χ4n) is 3.02. The molecule has 1 atom stereocenters. The van der Waals surface area contributed by atoms with Gasteiger partial charge in [0.1, 0.15) is 6.04 Å². The molecule has 0 radical (unpaired) electrons. The summed E-state index contributed by atoms with van der Waals surface area (Å²) in [6.45, 7) is 2.99. The maximum atomic E-state index is 12.5. The standard InChI is InChI=1S/C20H22ClN3O2/c1-14-4-10-17(11-5-14)23-20(26)24-12-2-3-18(24)19(25)22-13-15-6-8-16(21)9-7-15/h4-11,18H,2-3,12-13H2,1H3,(H,22,25)(H,23,26)/t18-/m1/s1. The highest BCUT2D eigenvalue weighted by Crippen LogP contribution is 2.20. The molecule has 1 fully saturated rings. The number of hydrogen-bond acceptors (Lipinski definition) is 2. The Morgan fingerprint density at radius 2 is 1.81 bits per heavy atom. The molecule has 2 N–H and O–H groups in total. The second kappa shape index (κ2) is 8.23. The van der Waals surface area contributed by atoms with Crippen LogP contribution in [0, 0.1) is 6.92 Å². The summed E-state index contributed by atoms with van der Waals surface area (Å²) in [7, 11) is 0. The highest BCUT2D eigenvalue weighted by atomic mass is 35.5. The van der Waals surface area contributed by atoms with Crippen molar-refractivity contribution in [3.05, 3.63) is 64.7 Å². The molecule has 3 rings (SSSR count). The summed E-state index contributed by atoms with van der Waals surface area (Å²) in [6.07, 6.45) is 1.49. The van der Waals surface area contributed by atoms with Crippen molar-refractivity contribution in [3.8, 4) is 0 Å². The van der Waals surface area contributed by atoms with Crippen molar-refractivity contribution in [2.75, 3.05) is 11.9 Å². The molecule has 6 heteroatoms. The number of carbonyl (C=O) groups is 2. The van der Waals surface area contributed by atoms with Gasteiger partial charge in [-0.15, -0.1) is 0 Å². The summed E-state index contributed by atoms with van der Waals surface area (Å²) in [5.74, 6) is -0.128. The molecule has 2 aromatic rings. The second-order valence-electron chi connectivity index (χ2n) is 6.49. The van der Waals surface area contributed by atoms with E-state index in [0.717, 1.165) is 23.2 Å². The van der Waals surface area contributed by atoms with Crippen LogP contribution in [0.1, 0.15) is 24.0 Å². The Bertz CT molecular complexity index is 775. The van der Waals surface area contributed by atoms with E-state index in [2.05, 4.69) is 10.6 Å². The second-order valence-corrected chi connectivity index (χ2v) is 6.93. The van der Waals surface area contributed by atoms with Crippen LogP contribution in [0.5, 0.6) is 0 Å². The Balaban J connectivity index is 1.57. The average molecular weight is 372 g/mol. The lowest BCUT2D eigenvalue weighted by molar-refractivity contribution is -0.124. The molecule has 0 aromatic heterocycles.